The predicted octanol–water partition coefficient (Wildman–Crippen LogP) is 0.214. The fraction of sp³-hybridized carbons (Fsp3) is 0.600. The van der Waals surface area contributed by atoms with Crippen LogP contribution in [0.4, 0.5) is 13.2 Å². The van der Waals surface area contributed by atoms with Crippen LogP contribution in [0, 0.1) is 12.3 Å². The van der Waals surface area contributed by atoms with Crippen LogP contribution in [0.3, 0.4) is 0 Å². The van der Waals surface area contributed by atoms with Gasteiger partial charge in [0.05, 0.1) is 6.54 Å². The number of rotatable bonds is 5. The molecule has 0 aliphatic carbocycles. The standard InChI is InChI=1S/C15H19F3N4O2/c1-2-4-20-5-7-21(8-6-20)13(24)11-22-10-12(3-9-23)14(19-22)15(16,17)18/h1,10,23H,3-9,11H2. The highest BCUT2D eigenvalue weighted by molar-refractivity contribution is 5.76. The summed E-state index contributed by atoms with van der Waals surface area (Å²) in [6, 6.07) is 0. The van der Waals surface area contributed by atoms with E-state index in [1.165, 1.54) is 6.20 Å². The molecule has 132 valence electrons. The van der Waals surface area contributed by atoms with Gasteiger partial charge in [0.2, 0.25) is 5.91 Å². The second-order valence-electron chi connectivity index (χ2n) is 5.53. The number of amides is 1. The summed E-state index contributed by atoms with van der Waals surface area (Å²) in [5.74, 6) is 2.25. The second-order valence-corrected chi connectivity index (χ2v) is 5.53. The third-order valence-corrected chi connectivity index (χ3v) is 3.82. The lowest BCUT2D eigenvalue weighted by Gasteiger charge is -2.33. The average molecular weight is 344 g/mol. The van der Waals surface area contributed by atoms with Crippen LogP contribution < -0.4 is 0 Å². The van der Waals surface area contributed by atoms with Crippen molar-refractivity contribution in [3.63, 3.8) is 0 Å². The maximum Gasteiger partial charge on any atom is 0.435 e. The largest absolute Gasteiger partial charge is 0.435 e. The van der Waals surface area contributed by atoms with E-state index < -0.39 is 18.5 Å². The molecule has 1 saturated heterocycles. The lowest BCUT2D eigenvalue weighted by molar-refractivity contribution is -0.142. The van der Waals surface area contributed by atoms with E-state index in [1.807, 2.05) is 4.90 Å². The van der Waals surface area contributed by atoms with Gasteiger partial charge in [-0.05, 0) is 6.42 Å². The molecule has 9 heteroatoms. The molecule has 2 heterocycles. The molecule has 1 N–H and O–H groups in total. The summed E-state index contributed by atoms with van der Waals surface area (Å²) in [6.07, 6.45) is 1.64. The minimum Gasteiger partial charge on any atom is -0.396 e. The Hall–Kier alpha value is -2.05. The van der Waals surface area contributed by atoms with Gasteiger partial charge in [-0.15, -0.1) is 6.42 Å². The molecule has 0 unspecified atom stereocenters. The van der Waals surface area contributed by atoms with Crippen LogP contribution in [-0.4, -0.2) is 69.9 Å². The van der Waals surface area contributed by atoms with Crippen molar-refractivity contribution in [2.24, 2.45) is 0 Å². The molecule has 0 atom stereocenters. The number of hydrogen-bond acceptors (Lipinski definition) is 4. The number of aliphatic hydroxyl groups is 1. The van der Waals surface area contributed by atoms with Crippen LogP contribution in [0.2, 0.25) is 0 Å². The first-order chi connectivity index (χ1) is 11.3. The van der Waals surface area contributed by atoms with Gasteiger partial charge in [-0.25, -0.2) is 0 Å². The maximum absolute atomic E-state index is 12.9. The molecule has 1 amide bonds. The molecule has 24 heavy (non-hydrogen) atoms. The topological polar surface area (TPSA) is 61.6 Å². The van der Waals surface area contributed by atoms with Crippen LogP contribution in [0.5, 0.6) is 0 Å². The fourth-order valence-electron chi connectivity index (χ4n) is 2.61. The summed E-state index contributed by atoms with van der Waals surface area (Å²) in [7, 11) is 0. The molecule has 0 spiro atoms. The Bertz CT molecular complexity index is 613. The molecule has 6 nitrogen and oxygen atoms in total. The van der Waals surface area contributed by atoms with E-state index in [0.29, 0.717) is 32.7 Å². The zero-order chi connectivity index (χ0) is 17.7. The van der Waals surface area contributed by atoms with E-state index in [4.69, 9.17) is 11.5 Å². The number of aromatic nitrogens is 2. The lowest BCUT2D eigenvalue weighted by atomic mass is 10.2. The van der Waals surface area contributed by atoms with Gasteiger partial charge in [-0.2, -0.15) is 18.3 Å². The zero-order valence-corrected chi connectivity index (χ0v) is 13.1. The minimum absolute atomic E-state index is 0.114. The van der Waals surface area contributed by atoms with Gasteiger partial charge in [-0.1, -0.05) is 5.92 Å². The van der Waals surface area contributed by atoms with Crippen molar-refractivity contribution in [1.29, 1.82) is 0 Å². The molecule has 1 aliphatic rings. The van der Waals surface area contributed by atoms with E-state index in [9.17, 15) is 18.0 Å². The Kier molecular flexibility index (Phi) is 5.85. The van der Waals surface area contributed by atoms with Crippen LogP contribution in [-0.2, 0) is 23.9 Å². The number of terminal acetylenes is 1. The smallest absolute Gasteiger partial charge is 0.396 e. The Morgan fingerprint density at radius 1 is 1.33 bits per heavy atom. The first-order valence-corrected chi connectivity index (χ1v) is 7.53. The summed E-state index contributed by atoms with van der Waals surface area (Å²) in [6.45, 7) is 2.08. The molecular weight excluding hydrogens is 325 g/mol. The van der Waals surface area contributed by atoms with E-state index in [1.54, 1.807) is 4.90 Å². The van der Waals surface area contributed by atoms with Crippen molar-refractivity contribution >= 4 is 5.91 Å². The normalized spacial score (nSPS) is 16.2. The number of halogens is 3. The van der Waals surface area contributed by atoms with Crippen molar-refractivity contribution in [1.82, 2.24) is 19.6 Å². The highest BCUT2D eigenvalue weighted by Crippen LogP contribution is 2.30. The van der Waals surface area contributed by atoms with Crippen LogP contribution in [0.25, 0.3) is 0 Å². The number of hydrogen-bond donors (Lipinski definition) is 1. The molecule has 0 bridgehead atoms. The van der Waals surface area contributed by atoms with Gasteiger partial charge in [0.15, 0.2) is 5.69 Å². The third kappa shape index (κ3) is 4.49. The number of alkyl halides is 3. The molecule has 1 fully saturated rings. The molecule has 0 saturated carbocycles. The van der Waals surface area contributed by atoms with Gasteiger partial charge in [0, 0.05) is 44.5 Å². The number of piperazine rings is 1. The molecule has 1 aromatic heterocycles. The van der Waals surface area contributed by atoms with Gasteiger partial charge in [-0.3, -0.25) is 14.4 Å². The van der Waals surface area contributed by atoms with Crippen LogP contribution in [0.15, 0.2) is 6.20 Å². The monoisotopic (exact) mass is 344 g/mol. The fourth-order valence-corrected chi connectivity index (χ4v) is 2.61. The predicted molar refractivity (Wildman–Crippen MR) is 79.9 cm³/mol. The van der Waals surface area contributed by atoms with Gasteiger partial charge in [0.1, 0.15) is 6.54 Å². The molecule has 0 aromatic carbocycles. The number of aliphatic hydroxyl groups excluding tert-OH is 1. The minimum atomic E-state index is -4.61. The summed E-state index contributed by atoms with van der Waals surface area (Å²) in [5, 5.41) is 12.4. The molecule has 2 rings (SSSR count). The first-order valence-electron chi connectivity index (χ1n) is 7.53. The van der Waals surface area contributed by atoms with Gasteiger partial charge >= 0.3 is 6.18 Å². The molecule has 0 radical (unpaired) electrons. The van der Waals surface area contributed by atoms with Gasteiger partial charge < -0.3 is 10.0 Å². The highest BCUT2D eigenvalue weighted by Gasteiger charge is 2.37. The molecular formula is C15H19F3N4O2. The Morgan fingerprint density at radius 2 is 2.00 bits per heavy atom. The Morgan fingerprint density at radius 3 is 2.54 bits per heavy atom. The van der Waals surface area contributed by atoms with Crippen molar-refractivity contribution in [2.75, 3.05) is 39.3 Å². The molecule has 1 aliphatic heterocycles. The first kappa shape index (κ1) is 18.3. The zero-order valence-electron chi connectivity index (χ0n) is 13.1. The second kappa shape index (κ2) is 7.68. The Balaban J connectivity index is 2.01. The maximum atomic E-state index is 12.9. The highest BCUT2D eigenvalue weighted by atomic mass is 19.4. The Labute approximate surface area is 137 Å². The average Bonchev–Trinajstić information content (AvgIpc) is 2.91. The van der Waals surface area contributed by atoms with E-state index >= 15 is 0 Å². The van der Waals surface area contributed by atoms with Crippen LogP contribution >= 0.6 is 0 Å². The van der Waals surface area contributed by atoms with E-state index in [2.05, 4.69) is 11.0 Å². The van der Waals surface area contributed by atoms with E-state index in [-0.39, 0.29) is 24.4 Å². The summed E-state index contributed by atoms with van der Waals surface area (Å²) in [5.41, 5.74) is -1.17. The van der Waals surface area contributed by atoms with Crippen molar-refractivity contribution in [3.05, 3.63) is 17.5 Å². The summed E-state index contributed by atoms with van der Waals surface area (Å²) >= 11 is 0. The number of nitrogens with zero attached hydrogens (tertiary/aromatic N) is 4. The van der Waals surface area contributed by atoms with E-state index in [0.717, 1.165) is 4.68 Å². The lowest BCUT2D eigenvalue weighted by Crippen LogP contribution is -2.49. The summed E-state index contributed by atoms with van der Waals surface area (Å²) < 4.78 is 39.7. The van der Waals surface area contributed by atoms with Crippen LogP contribution in [0.1, 0.15) is 11.3 Å². The number of carbonyl (C=O) groups excluding carboxylic acids is 1. The third-order valence-electron chi connectivity index (χ3n) is 3.82. The van der Waals surface area contributed by atoms with Crippen molar-refractivity contribution in [2.45, 2.75) is 19.1 Å². The quantitative estimate of drug-likeness (QED) is 0.776. The van der Waals surface area contributed by atoms with Gasteiger partial charge in [0.25, 0.3) is 0 Å². The molecule has 1 aromatic rings. The SMILES string of the molecule is C#CCN1CCN(C(=O)Cn2cc(CCO)c(C(F)(F)F)n2)CC1. The van der Waals surface area contributed by atoms with Crippen molar-refractivity contribution in [3.8, 4) is 12.3 Å². The summed E-state index contributed by atoms with van der Waals surface area (Å²) in [4.78, 5) is 15.9. The number of carbonyl (C=O) groups is 1. The van der Waals surface area contributed by atoms with Crippen molar-refractivity contribution < 1.29 is 23.1 Å².